The number of amides is 1. The van der Waals surface area contributed by atoms with Crippen molar-refractivity contribution in [3.05, 3.63) is 85.1 Å². The van der Waals surface area contributed by atoms with Gasteiger partial charge in [0.1, 0.15) is 73.2 Å². The lowest BCUT2D eigenvalue weighted by molar-refractivity contribution is -0.379. The van der Waals surface area contributed by atoms with E-state index in [9.17, 15) is 61.0 Å². The van der Waals surface area contributed by atoms with E-state index in [1.165, 1.54) is 77.0 Å². The van der Waals surface area contributed by atoms with Gasteiger partial charge in [-0.2, -0.15) is 0 Å². The Kier molecular flexibility index (Phi) is 46.3. The molecule has 0 aliphatic carbocycles. The highest BCUT2D eigenvalue weighted by Crippen LogP contribution is 2.33. The van der Waals surface area contributed by atoms with Gasteiger partial charge in [-0.15, -0.1) is 0 Å². The molecule has 17 atom stereocenters. The van der Waals surface area contributed by atoms with E-state index in [4.69, 9.17) is 28.4 Å². The third kappa shape index (κ3) is 33.6. The van der Waals surface area contributed by atoms with E-state index in [0.717, 1.165) is 109 Å². The molecular weight excluding hydrogens is 1140 g/mol. The molecule has 17 unspecified atom stereocenters. The van der Waals surface area contributed by atoms with E-state index >= 15 is 0 Å². The first-order chi connectivity index (χ1) is 43.3. The quantitative estimate of drug-likeness (QED) is 0.0200. The SMILES string of the molecule is CC/C=C\C/C=C\C/C=C\C/C=C\C/C=C\C/C=C\C/C=C\CCCCCCCCCCCCCCCCCC(=O)NC(COC1OC(CO)C(OC2OC(CO)C(OC3OC(CO)C(O)C(O)C3O)C(O)C2O)C(O)C1O)C(O)CCCCCCCCC. The maximum Gasteiger partial charge on any atom is 0.220 e. The second kappa shape index (κ2) is 51.4. The smallest absolute Gasteiger partial charge is 0.220 e. The van der Waals surface area contributed by atoms with E-state index in [2.05, 4.69) is 104 Å². The molecule has 12 N–H and O–H groups in total. The van der Waals surface area contributed by atoms with E-state index < -0.39 is 124 Å². The summed E-state index contributed by atoms with van der Waals surface area (Å²) in [5, 5.41) is 120. The number of nitrogens with one attached hydrogen (secondary N) is 1. The molecular formula is C70H121NO18. The van der Waals surface area contributed by atoms with Crippen molar-refractivity contribution < 1.29 is 89.4 Å². The van der Waals surface area contributed by atoms with Gasteiger partial charge in [-0.3, -0.25) is 4.79 Å². The minimum absolute atomic E-state index is 0.250. The highest BCUT2D eigenvalue weighted by molar-refractivity contribution is 5.76. The minimum Gasteiger partial charge on any atom is -0.394 e. The molecule has 3 rings (SSSR count). The average Bonchev–Trinajstić information content (AvgIpc) is 2.14. The third-order valence-electron chi connectivity index (χ3n) is 16.7. The lowest BCUT2D eigenvalue weighted by atomic mass is 9.96. The summed E-state index contributed by atoms with van der Waals surface area (Å²) in [5.41, 5.74) is 0. The van der Waals surface area contributed by atoms with Gasteiger partial charge in [0.15, 0.2) is 18.9 Å². The molecule has 0 aromatic carbocycles. The van der Waals surface area contributed by atoms with Crippen LogP contribution >= 0.6 is 0 Å². The number of allylic oxidation sites excluding steroid dienone is 14. The molecule has 19 heteroatoms. The summed E-state index contributed by atoms with van der Waals surface area (Å²) >= 11 is 0. The second-order valence-electron chi connectivity index (χ2n) is 24.3. The highest BCUT2D eigenvalue weighted by atomic mass is 16.8. The molecule has 0 saturated carbocycles. The fraction of sp³-hybridized carbons (Fsp3) is 0.786. The number of aliphatic hydroxyl groups excluding tert-OH is 11. The van der Waals surface area contributed by atoms with Gasteiger partial charge >= 0.3 is 0 Å². The number of hydrogen-bond acceptors (Lipinski definition) is 18. The van der Waals surface area contributed by atoms with Crippen LogP contribution in [-0.2, 0) is 33.2 Å². The van der Waals surface area contributed by atoms with Crippen LogP contribution in [0.25, 0.3) is 0 Å². The molecule has 89 heavy (non-hydrogen) atoms. The first kappa shape index (κ1) is 80.2. The summed E-state index contributed by atoms with van der Waals surface area (Å²) in [4.78, 5) is 13.3. The van der Waals surface area contributed by atoms with Crippen molar-refractivity contribution in [2.45, 2.75) is 324 Å². The fourth-order valence-corrected chi connectivity index (χ4v) is 11.2. The number of hydrogen-bond donors (Lipinski definition) is 12. The Morgan fingerprint density at radius 3 is 1.21 bits per heavy atom. The molecule has 19 nitrogen and oxygen atoms in total. The number of carbonyl (C=O) groups is 1. The molecule has 0 spiro atoms. The summed E-state index contributed by atoms with van der Waals surface area (Å²) in [6, 6.07) is -0.887. The van der Waals surface area contributed by atoms with Gasteiger partial charge in [0, 0.05) is 6.42 Å². The van der Waals surface area contributed by atoms with Crippen LogP contribution in [-0.4, -0.2) is 193 Å². The Balaban J connectivity index is 1.28. The molecule has 3 aliphatic heterocycles. The highest BCUT2D eigenvalue weighted by Gasteiger charge is 2.53. The van der Waals surface area contributed by atoms with Gasteiger partial charge in [-0.1, -0.05) is 227 Å². The third-order valence-corrected chi connectivity index (χ3v) is 16.7. The predicted molar refractivity (Wildman–Crippen MR) is 346 cm³/mol. The molecule has 3 fully saturated rings. The molecule has 0 aromatic rings. The standard InChI is InChI=1S/C70H121NO18/c1-3-5-7-9-11-12-13-14-15-16-17-18-19-20-21-22-23-24-25-26-27-28-29-30-31-32-33-34-35-36-37-38-39-40-42-44-46-48-58(76)71-53(54(75)47-45-43-41-10-8-6-4-2)52-84-68-64(82)61(79)66(56(50-73)86-68)89-70-65(83)62(80)67(57(51-74)87-70)88-69-63(81)60(78)59(77)55(49-72)85-69/h5,7,11-12,14-15,17-18,20-21,23-24,26-27,53-57,59-70,72-75,77-83H,3-4,6,8-10,13,16,19,22,25,28-52H2,1-2H3,(H,71,76)/b7-5-,12-11-,15-14-,18-17-,21-20-,24-23-,27-26-. The lowest BCUT2D eigenvalue weighted by Gasteiger charge is -2.48. The zero-order chi connectivity index (χ0) is 64.7. The minimum atomic E-state index is -1.97. The first-order valence-electron chi connectivity index (χ1n) is 34.3. The first-order valence-corrected chi connectivity index (χ1v) is 34.3. The number of rotatable bonds is 51. The van der Waals surface area contributed by atoms with Crippen molar-refractivity contribution in [3.63, 3.8) is 0 Å². The van der Waals surface area contributed by atoms with E-state index in [0.29, 0.717) is 12.8 Å². The fourth-order valence-electron chi connectivity index (χ4n) is 11.2. The average molecular weight is 1260 g/mol. The molecule has 3 aliphatic rings. The number of unbranched alkanes of at least 4 members (excludes halogenated alkanes) is 21. The lowest BCUT2D eigenvalue weighted by Crippen LogP contribution is -2.66. The summed E-state index contributed by atoms with van der Waals surface area (Å²) in [7, 11) is 0. The van der Waals surface area contributed by atoms with Crippen LogP contribution in [0.15, 0.2) is 85.1 Å². The van der Waals surface area contributed by atoms with Crippen LogP contribution in [0.2, 0.25) is 0 Å². The van der Waals surface area contributed by atoms with Crippen LogP contribution in [0.5, 0.6) is 0 Å². The van der Waals surface area contributed by atoms with Gasteiger partial charge < -0.3 is 89.9 Å². The van der Waals surface area contributed by atoms with Crippen molar-refractivity contribution in [3.8, 4) is 0 Å². The largest absolute Gasteiger partial charge is 0.394 e. The van der Waals surface area contributed by atoms with Gasteiger partial charge in [0.05, 0.1) is 38.6 Å². The van der Waals surface area contributed by atoms with Gasteiger partial charge in [0.25, 0.3) is 0 Å². The zero-order valence-corrected chi connectivity index (χ0v) is 54.1. The second-order valence-corrected chi connectivity index (χ2v) is 24.3. The Morgan fingerprint density at radius 2 is 0.775 bits per heavy atom. The number of carbonyl (C=O) groups excluding carboxylic acids is 1. The van der Waals surface area contributed by atoms with Crippen LogP contribution in [0.4, 0.5) is 0 Å². The zero-order valence-electron chi connectivity index (χ0n) is 54.1. The predicted octanol–water partition coefficient (Wildman–Crippen LogP) is 8.71. The van der Waals surface area contributed by atoms with Crippen LogP contribution in [0, 0.1) is 0 Å². The van der Waals surface area contributed by atoms with Crippen molar-refractivity contribution in [2.24, 2.45) is 0 Å². The summed E-state index contributed by atoms with van der Waals surface area (Å²) < 4.78 is 34.2. The van der Waals surface area contributed by atoms with E-state index in [-0.39, 0.29) is 18.9 Å². The summed E-state index contributed by atoms with van der Waals surface area (Å²) in [6.45, 7) is 1.60. The molecule has 514 valence electrons. The van der Waals surface area contributed by atoms with Crippen molar-refractivity contribution in [2.75, 3.05) is 26.4 Å². The molecule has 1 amide bonds. The Hall–Kier alpha value is -3.03. The van der Waals surface area contributed by atoms with Crippen LogP contribution < -0.4 is 5.32 Å². The van der Waals surface area contributed by atoms with Gasteiger partial charge in [-0.05, 0) is 70.6 Å². The Labute approximate surface area is 533 Å². The molecule has 3 heterocycles. The Bertz CT molecular complexity index is 1940. The topological polar surface area (TPSA) is 307 Å². The monoisotopic (exact) mass is 1260 g/mol. The van der Waals surface area contributed by atoms with Gasteiger partial charge in [0.2, 0.25) is 5.91 Å². The maximum atomic E-state index is 13.3. The number of ether oxygens (including phenoxy) is 6. The molecule has 0 radical (unpaired) electrons. The van der Waals surface area contributed by atoms with Crippen molar-refractivity contribution >= 4 is 5.91 Å². The number of aliphatic hydroxyl groups is 11. The summed E-state index contributed by atoms with van der Waals surface area (Å²) in [6.07, 6.45) is 38.7. The molecule has 0 bridgehead atoms. The summed E-state index contributed by atoms with van der Waals surface area (Å²) in [5.74, 6) is -0.250. The molecule has 0 aromatic heterocycles. The van der Waals surface area contributed by atoms with Crippen molar-refractivity contribution in [1.82, 2.24) is 5.32 Å². The molecule has 3 saturated heterocycles. The van der Waals surface area contributed by atoms with E-state index in [1.54, 1.807) is 0 Å². The Morgan fingerprint density at radius 1 is 0.416 bits per heavy atom. The van der Waals surface area contributed by atoms with E-state index in [1.807, 2.05) is 0 Å². The maximum absolute atomic E-state index is 13.3. The van der Waals surface area contributed by atoms with Gasteiger partial charge in [-0.25, -0.2) is 0 Å². The van der Waals surface area contributed by atoms with Crippen LogP contribution in [0.3, 0.4) is 0 Å². The van der Waals surface area contributed by atoms with Crippen LogP contribution in [0.1, 0.15) is 219 Å². The van der Waals surface area contributed by atoms with Crippen molar-refractivity contribution in [1.29, 1.82) is 0 Å². The normalized spacial score (nSPS) is 28.8.